The van der Waals surface area contributed by atoms with Gasteiger partial charge in [0.1, 0.15) is 5.75 Å². The van der Waals surface area contributed by atoms with Crippen LogP contribution in [0.3, 0.4) is 0 Å². The Kier molecular flexibility index (Phi) is 4.32. The number of para-hydroxylation sites is 2. The number of hydrogen-bond acceptors (Lipinski definition) is 3. The summed E-state index contributed by atoms with van der Waals surface area (Å²) in [4.78, 5) is 13.0. The third kappa shape index (κ3) is 2.90. The molecule has 0 unspecified atom stereocenters. The lowest BCUT2D eigenvalue weighted by Gasteiger charge is -2.09. The van der Waals surface area contributed by atoms with E-state index in [0.29, 0.717) is 6.61 Å². The standard InChI is InChI=1S/C22H20N2O2/c1-2-26-17-13-11-16(12-14-17)23-15-22(25)24-20-9-5-3-7-18(20)19-8-4-6-10-21(19)24/h3-14,23H,2,15H2,1H3. The Hall–Kier alpha value is -3.27. The maximum absolute atomic E-state index is 13.0. The van der Waals surface area contributed by atoms with Crippen molar-refractivity contribution >= 4 is 33.4 Å². The molecular formula is C22H20N2O2. The lowest BCUT2D eigenvalue weighted by atomic mass is 10.2. The lowest BCUT2D eigenvalue weighted by Crippen LogP contribution is -2.20. The molecule has 0 aliphatic heterocycles. The van der Waals surface area contributed by atoms with Crippen molar-refractivity contribution in [3.05, 3.63) is 72.8 Å². The second-order valence-electron chi connectivity index (χ2n) is 6.07. The van der Waals surface area contributed by atoms with Gasteiger partial charge in [-0.1, -0.05) is 36.4 Å². The molecule has 0 spiro atoms. The highest BCUT2D eigenvalue weighted by Gasteiger charge is 2.15. The van der Waals surface area contributed by atoms with Crippen LogP contribution in [0.2, 0.25) is 0 Å². The van der Waals surface area contributed by atoms with Crippen molar-refractivity contribution in [3.8, 4) is 5.75 Å². The highest BCUT2D eigenvalue weighted by molar-refractivity contribution is 6.13. The maximum Gasteiger partial charge on any atom is 0.250 e. The first-order valence-corrected chi connectivity index (χ1v) is 8.76. The number of carbonyl (C=O) groups excluding carboxylic acids is 1. The van der Waals surface area contributed by atoms with Gasteiger partial charge < -0.3 is 10.1 Å². The summed E-state index contributed by atoms with van der Waals surface area (Å²) in [7, 11) is 0. The molecule has 1 aromatic heterocycles. The van der Waals surface area contributed by atoms with Crippen LogP contribution in [0.4, 0.5) is 5.69 Å². The molecule has 4 nitrogen and oxygen atoms in total. The zero-order chi connectivity index (χ0) is 17.9. The topological polar surface area (TPSA) is 43.3 Å². The number of aromatic nitrogens is 1. The van der Waals surface area contributed by atoms with Gasteiger partial charge in [0, 0.05) is 16.5 Å². The summed E-state index contributed by atoms with van der Waals surface area (Å²) >= 11 is 0. The molecule has 4 heteroatoms. The molecule has 3 aromatic carbocycles. The molecule has 0 saturated carbocycles. The van der Waals surface area contributed by atoms with Crippen LogP contribution in [-0.4, -0.2) is 23.6 Å². The van der Waals surface area contributed by atoms with Crippen LogP contribution in [0.15, 0.2) is 72.8 Å². The molecule has 4 aromatic rings. The van der Waals surface area contributed by atoms with E-state index >= 15 is 0 Å². The summed E-state index contributed by atoms with van der Waals surface area (Å²) in [5.74, 6) is 0.836. The smallest absolute Gasteiger partial charge is 0.250 e. The van der Waals surface area contributed by atoms with E-state index in [-0.39, 0.29) is 12.5 Å². The molecule has 1 N–H and O–H groups in total. The number of hydrogen-bond donors (Lipinski definition) is 1. The van der Waals surface area contributed by atoms with E-state index in [1.807, 2.05) is 67.6 Å². The number of rotatable bonds is 5. The molecule has 0 atom stereocenters. The Balaban J connectivity index is 1.61. The zero-order valence-corrected chi connectivity index (χ0v) is 14.6. The van der Waals surface area contributed by atoms with Crippen LogP contribution in [0.5, 0.6) is 5.75 Å². The quantitative estimate of drug-likeness (QED) is 0.557. The summed E-state index contributed by atoms with van der Waals surface area (Å²) in [6.45, 7) is 2.81. The van der Waals surface area contributed by atoms with Crippen LogP contribution in [0.1, 0.15) is 11.7 Å². The summed E-state index contributed by atoms with van der Waals surface area (Å²) in [5, 5.41) is 5.40. The molecular weight excluding hydrogens is 324 g/mol. The number of fused-ring (bicyclic) bond motifs is 3. The first kappa shape index (κ1) is 16.2. The van der Waals surface area contributed by atoms with Crippen LogP contribution < -0.4 is 10.1 Å². The molecule has 0 amide bonds. The Morgan fingerprint density at radius 3 is 2.04 bits per heavy atom. The fourth-order valence-corrected chi connectivity index (χ4v) is 3.28. The highest BCUT2D eigenvalue weighted by atomic mass is 16.5. The van der Waals surface area contributed by atoms with Gasteiger partial charge in [0.2, 0.25) is 0 Å². The van der Waals surface area contributed by atoms with Gasteiger partial charge in [-0.05, 0) is 43.3 Å². The fraction of sp³-hybridized carbons (Fsp3) is 0.136. The molecule has 0 aliphatic carbocycles. The van der Waals surface area contributed by atoms with E-state index in [9.17, 15) is 4.79 Å². The van der Waals surface area contributed by atoms with E-state index in [0.717, 1.165) is 33.2 Å². The minimum absolute atomic E-state index is 0.0104. The Labute approximate surface area is 152 Å². The average Bonchev–Trinajstić information content (AvgIpc) is 3.02. The molecule has 0 fully saturated rings. The minimum atomic E-state index is 0.0104. The van der Waals surface area contributed by atoms with Gasteiger partial charge in [0.25, 0.3) is 5.91 Å². The number of carbonyl (C=O) groups is 1. The fourth-order valence-electron chi connectivity index (χ4n) is 3.28. The molecule has 4 rings (SSSR count). The molecule has 130 valence electrons. The van der Waals surface area contributed by atoms with Gasteiger partial charge in [-0.25, -0.2) is 0 Å². The van der Waals surface area contributed by atoms with E-state index in [1.165, 1.54) is 0 Å². The summed E-state index contributed by atoms with van der Waals surface area (Å²) in [6.07, 6.45) is 0. The van der Waals surface area contributed by atoms with Gasteiger partial charge in [-0.15, -0.1) is 0 Å². The highest BCUT2D eigenvalue weighted by Crippen LogP contribution is 2.28. The molecule has 1 heterocycles. The average molecular weight is 344 g/mol. The van der Waals surface area contributed by atoms with Crippen molar-refractivity contribution in [3.63, 3.8) is 0 Å². The van der Waals surface area contributed by atoms with Gasteiger partial charge in [0.05, 0.1) is 24.2 Å². The Morgan fingerprint density at radius 2 is 1.46 bits per heavy atom. The Bertz CT molecular complexity index is 1010. The first-order chi connectivity index (χ1) is 12.8. The predicted molar refractivity (Wildman–Crippen MR) is 106 cm³/mol. The van der Waals surface area contributed by atoms with Crippen molar-refractivity contribution in [2.45, 2.75) is 6.92 Å². The lowest BCUT2D eigenvalue weighted by molar-refractivity contribution is 0.0938. The monoisotopic (exact) mass is 344 g/mol. The van der Waals surface area contributed by atoms with E-state index in [1.54, 1.807) is 4.57 Å². The normalized spacial score (nSPS) is 11.0. The van der Waals surface area contributed by atoms with Gasteiger partial charge in [-0.2, -0.15) is 0 Å². The molecule has 0 saturated heterocycles. The summed E-state index contributed by atoms with van der Waals surface area (Å²) < 4.78 is 7.24. The van der Waals surface area contributed by atoms with E-state index in [4.69, 9.17) is 4.74 Å². The van der Waals surface area contributed by atoms with Crippen LogP contribution in [0, 0.1) is 0 Å². The second-order valence-corrected chi connectivity index (χ2v) is 6.07. The molecule has 0 aliphatic rings. The van der Waals surface area contributed by atoms with Crippen molar-refractivity contribution in [2.24, 2.45) is 0 Å². The van der Waals surface area contributed by atoms with Crippen molar-refractivity contribution in [1.29, 1.82) is 0 Å². The molecule has 0 bridgehead atoms. The van der Waals surface area contributed by atoms with Crippen LogP contribution in [0.25, 0.3) is 21.8 Å². The van der Waals surface area contributed by atoms with Crippen LogP contribution in [-0.2, 0) is 0 Å². The Morgan fingerprint density at radius 1 is 0.885 bits per heavy atom. The number of anilines is 1. The summed E-state index contributed by atoms with van der Waals surface area (Å²) in [6, 6.07) is 23.7. The van der Waals surface area contributed by atoms with Crippen LogP contribution >= 0.6 is 0 Å². The number of ether oxygens (including phenoxy) is 1. The second kappa shape index (κ2) is 6.92. The van der Waals surface area contributed by atoms with Crippen molar-refractivity contribution < 1.29 is 9.53 Å². The van der Waals surface area contributed by atoms with Gasteiger partial charge in [0.15, 0.2) is 0 Å². The van der Waals surface area contributed by atoms with Crippen molar-refractivity contribution in [2.75, 3.05) is 18.5 Å². The van der Waals surface area contributed by atoms with E-state index < -0.39 is 0 Å². The molecule has 0 radical (unpaired) electrons. The SMILES string of the molecule is CCOc1ccc(NCC(=O)n2c3ccccc3c3ccccc32)cc1. The molecule has 26 heavy (non-hydrogen) atoms. The third-order valence-electron chi connectivity index (χ3n) is 4.44. The predicted octanol–water partition coefficient (Wildman–Crippen LogP) is 4.95. The van der Waals surface area contributed by atoms with Gasteiger partial charge in [-0.3, -0.25) is 9.36 Å². The number of benzene rings is 3. The minimum Gasteiger partial charge on any atom is -0.494 e. The number of nitrogens with one attached hydrogen (secondary N) is 1. The van der Waals surface area contributed by atoms with Gasteiger partial charge >= 0.3 is 0 Å². The third-order valence-corrected chi connectivity index (χ3v) is 4.44. The van der Waals surface area contributed by atoms with E-state index in [2.05, 4.69) is 17.4 Å². The largest absolute Gasteiger partial charge is 0.494 e. The zero-order valence-electron chi connectivity index (χ0n) is 14.6. The maximum atomic E-state index is 13.0. The summed E-state index contributed by atoms with van der Waals surface area (Å²) in [5.41, 5.74) is 2.77. The first-order valence-electron chi connectivity index (χ1n) is 8.76. The van der Waals surface area contributed by atoms with Crippen molar-refractivity contribution in [1.82, 2.24) is 4.57 Å². The number of nitrogens with zero attached hydrogens (tertiary/aromatic N) is 1.